The molecule has 60 valence electrons. The Labute approximate surface area is 59.0 Å². The van der Waals surface area contributed by atoms with Crippen LogP contribution in [-0.2, 0) is 9.84 Å². The molecule has 10 heavy (non-hydrogen) atoms. The Morgan fingerprint density at radius 2 is 2.10 bits per heavy atom. The van der Waals surface area contributed by atoms with Crippen molar-refractivity contribution in [2.75, 3.05) is 18.6 Å². The molecule has 0 rings (SSSR count). The highest BCUT2D eigenvalue weighted by Gasteiger charge is 2.01. The van der Waals surface area contributed by atoms with Crippen molar-refractivity contribution in [1.82, 2.24) is 5.32 Å². The van der Waals surface area contributed by atoms with Gasteiger partial charge in [0.05, 0.1) is 5.75 Å². The molecule has 0 aliphatic carbocycles. The zero-order chi connectivity index (χ0) is 8.20. The molecule has 0 aromatic carbocycles. The lowest BCUT2D eigenvalue weighted by molar-refractivity contribution is 0.195. The third kappa shape index (κ3) is 7.22. The van der Waals surface area contributed by atoms with Crippen molar-refractivity contribution >= 4 is 15.9 Å². The van der Waals surface area contributed by atoms with Crippen LogP contribution in [0.5, 0.6) is 0 Å². The maximum absolute atomic E-state index is 10.4. The number of hydrogen-bond donors (Lipinski definition) is 2. The van der Waals surface area contributed by atoms with Crippen LogP contribution >= 0.6 is 0 Å². The summed E-state index contributed by atoms with van der Waals surface area (Å²) in [6.45, 7) is -0.0475. The van der Waals surface area contributed by atoms with Crippen LogP contribution in [-0.4, -0.2) is 38.2 Å². The van der Waals surface area contributed by atoms with E-state index >= 15 is 0 Å². The Hall–Kier alpha value is -0.780. The van der Waals surface area contributed by atoms with E-state index in [0.717, 1.165) is 6.26 Å². The number of rotatable bonds is 3. The minimum absolute atomic E-state index is 0.0475. The minimum atomic E-state index is -3.05. The molecule has 0 atom stereocenters. The standard InChI is InChI=1S/C4H9NO4S/c1-10(8,9)3-2-5-4(6)7/h5H,2-3H2,1H3,(H,6,7). The molecule has 0 heterocycles. The summed E-state index contributed by atoms with van der Waals surface area (Å²) in [5.41, 5.74) is 0. The summed E-state index contributed by atoms with van der Waals surface area (Å²) < 4.78 is 20.8. The highest BCUT2D eigenvalue weighted by Crippen LogP contribution is 1.78. The molecular formula is C4H9NO4S. The molecule has 0 spiro atoms. The lowest BCUT2D eigenvalue weighted by Gasteiger charge is -1.96. The van der Waals surface area contributed by atoms with Crippen LogP contribution < -0.4 is 5.32 Å². The molecule has 0 radical (unpaired) electrons. The van der Waals surface area contributed by atoms with Crippen molar-refractivity contribution in [1.29, 1.82) is 0 Å². The van der Waals surface area contributed by atoms with Crippen LogP contribution in [0.3, 0.4) is 0 Å². The second-order valence-corrected chi connectivity index (χ2v) is 4.12. The largest absolute Gasteiger partial charge is 0.465 e. The summed E-state index contributed by atoms with van der Waals surface area (Å²) in [6, 6.07) is 0. The fraction of sp³-hybridized carbons (Fsp3) is 0.750. The first kappa shape index (κ1) is 9.22. The summed E-state index contributed by atoms with van der Waals surface area (Å²) in [4.78, 5) is 9.78. The van der Waals surface area contributed by atoms with E-state index in [1.54, 1.807) is 0 Å². The predicted octanol–water partition coefficient (Wildman–Crippen LogP) is -0.701. The van der Waals surface area contributed by atoms with Crippen molar-refractivity contribution < 1.29 is 18.3 Å². The van der Waals surface area contributed by atoms with Crippen LogP contribution in [0.2, 0.25) is 0 Å². The summed E-state index contributed by atoms with van der Waals surface area (Å²) in [6.07, 6.45) is -0.153. The van der Waals surface area contributed by atoms with E-state index in [1.807, 2.05) is 5.32 Å². The fourth-order valence-corrected chi connectivity index (χ4v) is 0.816. The zero-order valence-electron chi connectivity index (χ0n) is 5.49. The topological polar surface area (TPSA) is 83.5 Å². The van der Waals surface area contributed by atoms with E-state index < -0.39 is 15.9 Å². The van der Waals surface area contributed by atoms with Gasteiger partial charge in [0.1, 0.15) is 9.84 Å². The molecule has 1 amide bonds. The van der Waals surface area contributed by atoms with E-state index in [2.05, 4.69) is 0 Å². The van der Waals surface area contributed by atoms with Gasteiger partial charge in [-0.1, -0.05) is 0 Å². The number of carboxylic acid groups (broad SMARTS) is 1. The first-order valence-electron chi connectivity index (χ1n) is 2.56. The molecule has 0 bridgehead atoms. The molecule has 0 unspecified atom stereocenters. The van der Waals surface area contributed by atoms with Crippen LogP contribution in [0.1, 0.15) is 0 Å². The summed E-state index contributed by atoms with van der Waals surface area (Å²) in [7, 11) is -3.05. The van der Waals surface area contributed by atoms with Crippen molar-refractivity contribution in [3.05, 3.63) is 0 Å². The lowest BCUT2D eigenvalue weighted by atomic mass is 10.7. The monoisotopic (exact) mass is 167 g/mol. The van der Waals surface area contributed by atoms with Gasteiger partial charge in [-0.3, -0.25) is 0 Å². The lowest BCUT2D eigenvalue weighted by Crippen LogP contribution is -2.26. The molecule has 0 saturated heterocycles. The third-order valence-corrected chi connectivity index (χ3v) is 1.69. The van der Waals surface area contributed by atoms with Gasteiger partial charge in [-0.05, 0) is 0 Å². The summed E-state index contributed by atoms with van der Waals surface area (Å²) in [5, 5.41) is 9.94. The Balaban J connectivity index is 3.49. The molecule has 0 fully saturated rings. The summed E-state index contributed by atoms with van der Waals surface area (Å²) in [5.74, 6) is -0.153. The van der Waals surface area contributed by atoms with Gasteiger partial charge in [0.2, 0.25) is 0 Å². The average Bonchev–Trinajstić information content (AvgIpc) is 1.59. The van der Waals surface area contributed by atoms with Gasteiger partial charge in [0.25, 0.3) is 0 Å². The Morgan fingerprint density at radius 1 is 1.60 bits per heavy atom. The van der Waals surface area contributed by atoms with E-state index in [0.29, 0.717) is 0 Å². The van der Waals surface area contributed by atoms with Gasteiger partial charge >= 0.3 is 6.09 Å². The second kappa shape index (κ2) is 3.40. The predicted molar refractivity (Wildman–Crippen MR) is 35.7 cm³/mol. The fourth-order valence-electron chi connectivity index (χ4n) is 0.343. The van der Waals surface area contributed by atoms with E-state index in [9.17, 15) is 13.2 Å². The smallest absolute Gasteiger partial charge is 0.404 e. The third-order valence-electron chi connectivity index (χ3n) is 0.749. The van der Waals surface area contributed by atoms with Gasteiger partial charge in [-0.25, -0.2) is 13.2 Å². The number of carbonyl (C=O) groups is 1. The van der Waals surface area contributed by atoms with Crippen molar-refractivity contribution in [2.24, 2.45) is 0 Å². The Kier molecular flexibility index (Phi) is 3.14. The quantitative estimate of drug-likeness (QED) is 0.582. The number of amides is 1. The Morgan fingerprint density at radius 3 is 2.40 bits per heavy atom. The maximum Gasteiger partial charge on any atom is 0.404 e. The van der Waals surface area contributed by atoms with E-state index in [1.165, 1.54) is 0 Å². The van der Waals surface area contributed by atoms with Gasteiger partial charge in [-0.15, -0.1) is 0 Å². The van der Waals surface area contributed by atoms with Crippen LogP contribution in [0.15, 0.2) is 0 Å². The number of nitrogens with one attached hydrogen (secondary N) is 1. The van der Waals surface area contributed by atoms with Gasteiger partial charge in [0, 0.05) is 12.8 Å². The molecule has 0 aliphatic rings. The first-order valence-corrected chi connectivity index (χ1v) is 4.62. The number of sulfone groups is 1. The normalized spacial score (nSPS) is 10.9. The van der Waals surface area contributed by atoms with E-state index in [-0.39, 0.29) is 12.3 Å². The highest BCUT2D eigenvalue weighted by atomic mass is 32.2. The van der Waals surface area contributed by atoms with Gasteiger partial charge in [-0.2, -0.15) is 0 Å². The van der Waals surface area contributed by atoms with Gasteiger partial charge < -0.3 is 10.4 Å². The van der Waals surface area contributed by atoms with Crippen LogP contribution in [0.4, 0.5) is 4.79 Å². The van der Waals surface area contributed by atoms with Crippen LogP contribution in [0, 0.1) is 0 Å². The molecule has 0 aliphatic heterocycles. The van der Waals surface area contributed by atoms with Crippen LogP contribution in [0.25, 0.3) is 0 Å². The van der Waals surface area contributed by atoms with Crippen molar-refractivity contribution in [3.8, 4) is 0 Å². The van der Waals surface area contributed by atoms with Gasteiger partial charge in [0.15, 0.2) is 0 Å². The molecule has 0 saturated carbocycles. The Bertz CT molecular complexity index is 207. The molecule has 0 aromatic rings. The highest BCUT2D eigenvalue weighted by molar-refractivity contribution is 7.90. The summed E-state index contributed by atoms with van der Waals surface area (Å²) >= 11 is 0. The molecule has 0 aromatic heterocycles. The van der Waals surface area contributed by atoms with E-state index in [4.69, 9.17) is 5.11 Å². The van der Waals surface area contributed by atoms with Crippen molar-refractivity contribution in [3.63, 3.8) is 0 Å². The molecule has 5 nitrogen and oxygen atoms in total. The average molecular weight is 167 g/mol. The second-order valence-electron chi connectivity index (χ2n) is 1.86. The molecular weight excluding hydrogens is 158 g/mol. The van der Waals surface area contributed by atoms with Crippen molar-refractivity contribution in [2.45, 2.75) is 0 Å². The molecule has 2 N–H and O–H groups in total. The number of hydrogen-bond acceptors (Lipinski definition) is 3. The molecule has 6 heteroatoms. The maximum atomic E-state index is 10.4. The first-order chi connectivity index (χ1) is 4.42. The minimum Gasteiger partial charge on any atom is -0.465 e. The zero-order valence-corrected chi connectivity index (χ0v) is 6.31. The SMILES string of the molecule is CS(=O)(=O)CCNC(=O)O.